The summed E-state index contributed by atoms with van der Waals surface area (Å²) in [5.41, 5.74) is 6.70. The first kappa shape index (κ1) is 19.8. The van der Waals surface area contributed by atoms with E-state index < -0.39 is 17.6 Å². The van der Waals surface area contributed by atoms with E-state index in [1.807, 2.05) is 32.9 Å². The molecule has 1 aromatic heterocycles. The molecule has 26 heavy (non-hydrogen) atoms. The Balaban J connectivity index is 2.37. The lowest BCUT2D eigenvalue weighted by Crippen LogP contribution is -2.32. The van der Waals surface area contributed by atoms with E-state index in [0.717, 1.165) is 16.5 Å². The summed E-state index contributed by atoms with van der Waals surface area (Å²) in [5.74, 6) is -0.772. The van der Waals surface area contributed by atoms with E-state index in [9.17, 15) is 9.59 Å². The minimum atomic E-state index is -1.07. The van der Waals surface area contributed by atoms with Gasteiger partial charge in [0.05, 0.1) is 7.11 Å². The molecule has 0 radical (unpaired) electrons. The van der Waals surface area contributed by atoms with Crippen molar-refractivity contribution in [1.29, 1.82) is 0 Å². The fourth-order valence-corrected chi connectivity index (χ4v) is 2.65. The highest BCUT2D eigenvalue weighted by atomic mass is 16.6. The van der Waals surface area contributed by atoms with E-state index >= 15 is 0 Å². The molecule has 0 aliphatic rings. The van der Waals surface area contributed by atoms with Crippen LogP contribution < -0.4 is 10.5 Å². The topological polar surface area (TPSA) is 104 Å². The first-order chi connectivity index (χ1) is 12.2. The minimum Gasteiger partial charge on any atom is -0.497 e. The molecular formula is C19H26N2O5. The van der Waals surface area contributed by atoms with Crippen molar-refractivity contribution in [3.63, 3.8) is 0 Å². The number of hydrogen-bond donors (Lipinski definition) is 2. The lowest BCUT2D eigenvalue weighted by atomic mass is 10.1. The number of carboxylic acid groups (broad SMARTS) is 1. The number of fused-ring (bicyclic) bond motifs is 1. The van der Waals surface area contributed by atoms with Crippen LogP contribution in [0.25, 0.3) is 10.9 Å². The van der Waals surface area contributed by atoms with Gasteiger partial charge in [-0.15, -0.1) is 0 Å². The van der Waals surface area contributed by atoms with Crippen LogP contribution in [0.1, 0.15) is 32.8 Å². The lowest BCUT2D eigenvalue weighted by Gasteiger charge is -2.23. The number of hydrogen-bond acceptors (Lipinski definition) is 5. The van der Waals surface area contributed by atoms with Gasteiger partial charge in [0, 0.05) is 23.5 Å². The number of esters is 1. The quantitative estimate of drug-likeness (QED) is 0.699. The number of methoxy groups -OCH3 is 1. The van der Waals surface area contributed by atoms with Crippen molar-refractivity contribution in [3.8, 4) is 5.75 Å². The molecule has 0 bridgehead atoms. The number of benzene rings is 1. The number of nitrogens with zero attached hydrogens (tertiary/aromatic N) is 1. The molecule has 1 heterocycles. The Bertz CT molecular complexity index is 810. The molecular weight excluding hydrogens is 336 g/mol. The fraction of sp³-hybridized carbons (Fsp3) is 0.474. The Morgan fingerprint density at radius 1 is 1.35 bits per heavy atom. The van der Waals surface area contributed by atoms with E-state index in [2.05, 4.69) is 0 Å². The van der Waals surface area contributed by atoms with E-state index in [0.29, 0.717) is 12.2 Å². The summed E-state index contributed by atoms with van der Waals surface area (Å²) in [6, 6.07) is 4.42. The largest absolute Gasteiger partial charge is 0.497 e. The highest BCUT2D eigenvalue weighted by molar-refractivity contribution is 5.87. The van der Waals surface area contributed by atoms with Gasteiger partial charge in [0.1, 0.15) is 23.9 Å². The molecule has 2 aromatic rings. The van der Waals surface area contributed by atoms with Crippen LogP contribution in [-0.4, -0.2) is 40.4 Å². The summed E-state index contributed by atoms with van der Waals surface area (Å²) in [6.07, 6.45) is 2.62. The lowest BCUT2D eigenvalue weighted by molar-refractivity contribution is -0.157. The van der Waals surface area contributed by atoms with Gasteiger partial charge in [-0.3, -0.25) is 9.59 Å². The van der Waals surface area contributed by atoms with Crippen molar-refractivity contribution < 1.29 is 24.2 Å². The van der Waals surface area contributed by atoms with Gasteiger partial charge in [-0.2, -0.15) is 0 Å². The van der Waals surface area contributed by atoms with Crippen molar-refractivity contribution in [3.05, 3.63) is 30.0 Å². The maximum absolute atomic E-state index is 12.3. The Labute approximate surface area is 152 Å². The summed E-state index contributed by atoms with van der Waals surface area (Å²) in [4.78, 5) is 23.4. The van der Waals surface area contributed by atoms with E-state index in [1.165, 1.54) is 0 Å². The molecule has 0 fully saturated rings. The molecule has 0 saturated carbocycles. The Morgan fingerprint density at radius 2 is 2.04 bits per heavy atom. The van der Waals surface area contributed by atoms with Crippen LogP contribution in [-0.2, 0) is 27.3 Å². The van der Waals surface area contributed by atoms with E-state index in [4.69, 9.17) is 20.3 Å². The highest BCUT2D eigenvalue weighted by Crippen LogP contribution is 2.27. The fourth-order valence-electron chi connectivity index (χ4n) is 2.65. The molecule has 1 atom stereocenters. The second-order valence-electron chi connectivity index (χ2n) is 6.90. The summed E-state index contributed by atoms with van der Waals surface area (Å²) in [5, 5.41) is 9.90. The SMILES string of the molecule is CCC(C)(C)OC(=O)Cn1cc(C[C@H](N)C(=O)O)c2cc(OC)ccc21. The average Bonchev–Trinajstić information content (AvgIpc) is 2.90. The van der Waals surface area contributed by atoms with Crippen LogP contribution in [0.5, 0.6) is 5.75 Å². The third-order valence-electron chi connectivity index (χ3n) is 4.47. The van der Waals surface area contributed by atoms with Crippen molar-refractivity contribution in [2.24, 2.45) is 5.73 Å². The Kier molecular flexibility index (Phi) is 5.92. The Hall–Kier alpha value is -2.54. The average molecular weight is 362 g/mol. The van der Waals surface area contributed by atoms with Crippen molar-refractivity contribution >= 4 is 22.8 Å². The summed E-state index contributed by atoms with van der Waals surface area (Å²) >= 11 is 0. The molecule has 142 valence electrons. The van der Waals surface area contributed by atoms with Crippen LogP contribution in [0.4, 0.5) is 0 Å². The maximum Gasteiger partial charge on any atom is 0.326 e. The maximum atomic E-state index is 12.3. The summed E-state index contributed by atoms with van der Waals surface area (Å²) in [6.45, 7) is 5.71. The number of nitrogens with two attached hydrogens (primary N) is 1. The zero-order chi connectivity index (χ0) is 19.5. The summed E-state index contributed by atoms with van der Waals surface area (Å²) < 4.78 is 12.5. The van der Waals surface area contributed by atoms with Gasteiger partial charge in [0.25, 0.3) is 0 Å². The first-order valence-corrected chi connectivity index (χ1v) is 8.53. The number of ether oxygens (including phenoxy) is 2. The van der Waals surface area contributed by atoms with Gasteiger partial charge in [-0.1, -0.05) is 6.92 Å². The Morgan fingerprint density at radius 3 is 2.62 bits per heavy atom. The molecule has 7 heteroatoms. The van der Waals surface area contributed by atoms with E-state index in [-0.39, 0.29) is 18.9 Å². The molecule has 1 aromatic carbocycles. The van der Waals surface area contributed by atoms with Gasteiger partial charge in [-0.05, 0) is 44.0 Å². The first-order valence-electron chi connectivity index (χ1n) is 8.53. The molecule has 2 rings (SSSR count). The van der Waals surface area contributed by atoms with Gasteiger partial charge in [0.2, 0.25) is 0 Å². The predicted octanol–water partition coefficient (Wildman–Crippen LogP) is 2.34. The molecule has 0 saturated heterocycles. The zero-order valence-corrected chi connectivity index (χ0v) is 15.6. The molecule has 3 N–H and O–H groups in total. The molecule has 7 nitrogen and oxygen atoms in total. The number of aromatic nitrogens is 1. The predicted molar refractivity (Wildman–Crippen MR) is 98.3 cm³/mol. The molecule has 0 amide bonds. The third kappa shape index (κ3) is 4.54. The number of carboxylic acids is 1. The molecule has 0 unspecified atom stereocenters. The number of aliphatic carboxylic acids is 1. The van der Waals surface area contributed by atoms with Crippen LogP contribution in [0.15, 0.2) is 24.4 Å². The van der Waals surface area contributed by atoms with Gasteiger partial charge in [-0.25, -0.2) is 0 Å². The van der Waals surface area contributed by atoms with Crippen molar-refractivity contribution in [2.45, 2.75) is 51.8 Å². The number of rotatable bonds is 8. The number of carbonyl (C=O) groups excluding carboxylic acids is 1. The second-order valence-corrected chi connectivity index (χ2v) is 6.90. The molecule has 0 spiro atoms. The molecule has 0 aliphatic heterocycles. The highest BCUT2D eigenvalue weighted by Gasteiger charge is 2.22. The zero-order valence-electron chi connectivity index (χ0n) is 15.6. The number of carbonyl (C=O) groups is 2. The normalized spacial score (nSPS) is 12.8. The smallest absolute Gasteiger partial charge is 0.326 e. The minimum absolute atomic E-state index is 0.0363. The van der Waals surface area contributed by atoms with E-state index in [1.54, 1.807) is 23.9 Å². The van der Waals surface area contributed by atoms with Gasteiger partial charge >= 0.3 is 11.9 Å². The van der Waals surface area contributed by atoms with Crippen molar-refractivity contribution in [2.75, 3.05) is 7.11 Å². The standard InChI is InChI=1S/C19H26N2O5/c1-5-19(2,3)26-17(22)11-21-10-12(8-15(20)18(23)24)14-9-13(25-4)6-7-16(14)21/h6-7,9-10,15H,5,8,11,20H2,1-4H3,(H,23,24)/t15-/m0/s1. The van der Waals surface area contributed by atoms with Crippen molar-refractivity contribution in [1.82, 2.24) is 4.57 Å². The van der Waals surface area contributed by atoms with Crippen LogP contribution in [0.2, 0.25) is 0 Å². The van der Waals surface area contributed by atoms with Gasteiger partial charge in [0.15, 0.2) is 0 Å². The third-order valence-corrected chi connectivity index (χ3v) is 4.47. The van der Waals surface area contributed by atoms with Crippen LogP contribution in [0.3, 0.4) is 0 Å². The van der Waals surface area contributed by atoms with Crippen LogP contribution >= 0.6 is 0 Å². The van der Waals surface area contributed by atoms with Gasteiger partial charge < -0.3 is 24.9 Å². The molecule has 0 aliphatic carbocycles. The monoisotopic (exact) mass is 362 g/mol. The summed E-state index contributed by atoms with van der Waals surface area (Å²) in [7, 11) is 1.56. The second kappa shape index (κ2) is 7.78. The van der Waals surface area contributed by atoms with Crippen LogP contribution in [0, 0.1) is 0 Å².